The summed E-state index contributed by atoms with van der Waals surface area (Å²) < 4.78 is 8.89. The number of thiazole rings is 1. The molecule has 1 aliphatic rings. The lowest BCUT2D eigenvalue weighted by molar-refractivity contribution is 0.0996. The fourth-order valence-electron chi connectivity index (χ4n) is 4.42. The van der Waals surface area contributed by atoms with Crippen molar-refractivity contribution in [3.63, 3.8) is 0 Å². The molecule has 1 aromatic heterocycles. The lowest BCUT2D eigenvalue weighted by Crippen LogP contribution is -2.20. The van der Waals surface area contributed by atoms with Crippen LogP contribution in [0.25, 0.3) is 21.0 Å². The molecule has 0 atom stereocenters. The lowest BCUT2D eigenvalue weighted by Gasteiger charge is -2.15. The molecule has 31 heavy (non-hydrogen) atoms. The average molecular weight is 431 g/mol. The minimum atomic E-state index is -0.172. The van der Waals surface area contributed by atoms with E-state index in [0.717, 1.165) is 27.9 Å². The molecule has 0 saturated carbocycles. The zero-order valence-electron chi connectivity index (χ0n) is 17.8. The molecule has 0 unspecified atom stereocenters. The molecule has 4 nitrogen and oxygen atoms in total. The van der Waals surface area contributed by atoms with E-state index in [1.807, 2.05) is 19.1 Å². The molecule has 0 radical (unpaired) electrons. The first kappa shape index (κ1) is 20.2. The first-order chi connectivity index (χ1) is 15.2. The van der Waals surface area contributed by atoms with Crippen LogP contribution in [0.2, 0.25) is 0 Å². The second-order valence-electron chi connectivity index (χ2n) is 7.98. The number of ether oxygens (including phenoxy) is 1. The third kappa shape index (κ3) is 3.95. The van der Waals surface area contributed by atoms with E-state index >= 15 is 0 Å². The van der Waals surface area contributed by atoms with Crippen LogP contribution in [0.15, 0.2) is 59.6 Å². The van der Waals surface area contributed by atoms with Crippen LogP contribution in [0.3, 0.4) is 0 Å². The van der Waals surface area contributed by atoms with Gasteiger partial charge in [0.05, 0.1) is 16.8 Å². The van der Waals surface area contributed by atoms with Gasteiger partial charge in [0.1, 0.15) is 0 Å². The number of aromatic nitrogens is 1. The molecule has 4 aromatic rings. The van der Waals surface area contributed by atoms with Crippen molar-refractivity contribution in [1.29, 1.82) is 0 Å². The van der Waals surface area contributed by atoms with Crippen molar-refractivity contribution in [2.75, 3.05) is 13.2 Å². The topological polar surface area (TPSA) is 43.6 Å². The summed E-state index contributed by atoms with van der Waals surface area (Å²) in [6.45, 7) is 3.93. The van der Waals surface area contributed by atoms with Crippen molar-refractivity contribution < 1.29 is 9.53 Å². The number of hydrogen-bond acceptors (Lipinski definition) is 3. The molecule has 5 heteroatoms. The summed E-state index contributed by atoms with van der Waals surface area (Å²) in [5.74, 6) is -0.172. The van der Waals surface area contributed by atoms with Gasteiger partial charge in [0.15, 0.2) is 4.80 Å². The first-order valence-corrected chi connectivity index (χ1v) is 11.9. The van der Waals surface area contributed by atoms with Crippen molar-refractivity contribution in [3.05, 3.63) is 76.1 Å². The normalized spacial score (nSPS) is 14.3. The Morgan fingerprint density at radius 3 is 2.77 bits per heavy atom. The van der Waals surface area contributed by atoms with Crippen LogP contribution in [-0.4, -0.2) is 23.7 Å². The van der Waals surface area contributed by atoms with Gasteiger partial charge >= 0.3 is 0 Å². The van der Waals surface area contributed by atoms with E-state index in [2.05, 4.69) is 52.0 Å². The molecule has 0 fully saturated rings. The summed E-state index contributed by atoms with van der Waals surface area (Å²) in [4.78, 5) is 18.4. The maximum Gasteiger partial charge on any atom is 0.279 e. The molecule has 0 saturated heterocycles. The predicted octanol–water partition coefficient (Wildman–Crippen LogP) is 5.51. The van der Waals surface area contributed by atoms with Gasteiger partial charge in [-0.05, 0) is 67.3 Å². The fraction of sp³-hybridized carbons (Fsp3) is 0.308. The van der Waals surface area contributed by atoms with E-state index in [1.54, 1.807) is 11.3 Å². The number of amides is 1. The SMILES string of the molecule is CCOCCn1c(=NC(=O)c2ccc3c(c2)CCCC3)sc2c3ccccc3ccc21. The van der Waals surface area contributed by atoms with Crippen LogP contribution in [0.5, 0.6) is 0 Å². The molecule has 5 rings (SSSR count). The highest BCUT2D eigenvalue weighted by Crippen LogP contribution is 2.28. The van der Waals surface area contributed by atoms with Gasteiger partial charge in [0.2, 0.25) is 0 Å². The summed E-state index contributed by atoms with van der Waals surface area (Å²) in [6.07, 6.45) is 4.60. The highest BCUT2D eigenvalue weighted by Gasteiger charge is 2.14. The molecule has 0 bridgehead atoms. The van der Waals surface area contributed by atoms with Gasteiger partial charge in [-0.15, -0.1) is 0 Å². The molecule has 1 heterocycles. The Kier molecular flexibility index (Phi) is 5.70. The molecular formula is C26H26N2O2S. The second kappa shape index (κ2) is 8.77. The van der Waals surface area contributed by atoms with Crippen molar-refractivity contribution in [1.82, 2.24) is 4.57 Å². The highest BCUT2D eigenvalue weighted by molar-refractivity contribution is 7.17. The number of fused-ring (bicyclic) bond motifs is 4. The van der Waals surface area contributed by atoms with E-state index in [-0.39, 0.29) is 5.91 Å². The zero-order valence-corrected chi connectivity index (χ0v) is 18.6. The van der Waals surface area contributed by atoms with Gasteiger partial charge in [0, 0.05) is 24.1 Å². The van der Waals surface area contributed by atoms with Crippen molar-refractivity contribution in [2.45, 2.75) is 39.2 Å². The molecule has 0 spiro atoms. The molecular weight excluding hydrogens is 404 g/mol. The minimum absolute atomic E-state index is 0.172. The zero-order chi connectivity index (χ0) is 21.2. The number of nitrogens with zero attached hydrogens (tertiary/aromatic N) is 2. The van der Waals surface area contributed by atoms with E-state index in [9.17, 15) is 4.79 Å². The van der Waals surface area contributed by atoms with Crippen LogP contribution >= 0.6 is 11.3 Å². The minimum Gasteiger partial charge on any atom is -0.380 e. The van der Waals surface area contributed by atoms with Crippen LogP contribution in [0.4, 0.5) is 0 Å². The Balaban J connectivity index is 1.61. The Bertz CT molecular complexity index is 1330. The Morgan fingerprint density at radius 2 is 1.90 bits per heavy atom. The largest absolute Gasteiger partial charge is 0.380 e. The van der Waals surface area contributed by atoms with Crippen LogP contribution < -0.4 is 4.80 Å². The van der Waals surface area contributed by atoms with Crippen LogP contribution in [0.1, 0.15) is 41.3 Å². The number of benzene rings is 3. The summed E-state index contributed by atoms with van der Waals surface area (Å²) in [5.41, 5.74) is 4.46. The Labute approximate surface area is 185 Å². The summed E-state index contributed by atoms with van der Waals surface area (Å²) in [7, 11) is 0. The third-order valence-electron chi connectivity index (χ3n) is 6.03. The van der Waals surface area contributed by atoms with Crippen molar-refractivity contribution >= 4 is 38.2 Å². The number of hydrogen-bond donors (Lipinski definition) is 0. The van der Waals surface area contributed by atoms with Crippen molar-refractivity contribution in [3.8, 4) is 0 Å². The highest BCUT2D eigenvalue weighted by atomic mass is 32.1. The van der Waals surface area contributed by atoms with Crippen LogP contribution in [0, 0.1) is 0 Å². The second-order valence-corrected chi connectivity index (χ2v) is 8.95. The number of aryl methyl sites for hydroxylation is 2. The number of carbonyl (C=O) groups excluding carboxylic acids is 1. The molecule has 1 aliphatic carbocycles. The molecule has 0 aliphatic heterocycles. The van der Waals surface area contributed by atoms with Gasteiger partial charge in [-0.25, -0.2) is 0 Å². The Hall–Kier alpha value is -2.76. The predicted molar refractivity (Wildman–Crippen MR) is 127 cm³/mol. The number of carbonyl (C=O) groups is 1. The molecule has 0 N–H and O–H groups in total. The third-order valence-corrected chi connectivity index (χ3v) is 7.16. The Morgan fingerprint density at radius 1 is 1.06 bits per heavy atom. The average Bonchev–Trinajstić information content (AvgIpc) is 3.16. The van der Waals surface area contributed by atoms with E-state index in [1.165, 1.54) is 34.7 Å². The standard InChI is InChI=1S/C26H26N2O2S/c1-2-30-16-15-28-23-14-13-19-8-5-6-10-22(19)24(23)31-26(28)27-25(29)21-12-11-18-7-3-4-9-20(18)17-21/h5-6,8,10-14,17H,2-4,7,9,15-16H2,1H3. The fourth-order valence-corrected chi connectivity index (χ4v) is 5.61. The van der Waals surface area contributed by atoms with E-state index in [4.69, 9.17) is 4.74 Å². The van der Waals surface area contributed by atoms with Crippen molar-refractivity contribution in [2.24, 2.45) is 4.99 Å². The van der Waals surface area contributed by atoms with E-state index in [0.29, 0.717) is 25.3 Å². The quantitative estimate of drug-likeness (QED) is 0.392. The summed E-state index contributed by atoms with van der Waals surface area (Å²) >= 11 is 1.58. The van der Waals surface area contributed by atoms with Gasteiger partial charge < -0.3 is 9.30 Å². The maximum absolute atomic E-state index is 13.1. The monoisotopic (exact) mass is 430 g/mol. The summed E-state index contributed by atoms with van der Waals surface area (Å²) in [6, 6.07) is 18.7. The molecule has 158 valence electrons. The first-order valence-electron chi connectivity index (χ1n) is 11.0. The smallest absolute Gasteiger partial charge is 0.279 e. The van der Waals surface area contributed by atoms with Gasteiger partial charge in [0.25, 0.3) is 5.91 Å². The molecule has 3 aromatic carbocycles. The van der Waals surface area contributed by atoms with Gasteiger partial charge in [-0.1, -0.05) is 47.7 Å². The van der Waals surface area contributed by atoms with Gasteiger partial charge in [-0.3, -0.25) is 4.79 Å². The van der Waals surface area contributed by atoms with Crippen LogP contribution in [-0.2, 0) is 24.1 Å². The van der Waals surface area contributed by atoms with Gasteiger partial charge in [-0.2, -0.15) is 4.99 Å². The number of rotatable bonds is 5. The summed E-state index contributed by atoms with van der Waals surface area (Å²) in [5, 5.41) is 2.39. The molecule has 1 amide bonds. The van der Waals surface area contributed by atoms with E-state index < -0.39 is 0 Å². The maximum atomic E-state index is 13.1. The lowest BCUT2D eigenvalue weighted by atomic mass is 9.90.